The van der Waals surface area contributed by atoms with E-state index in [0.29, 0.717) is 6.54 Å². The Morgan fingerprint density at radius 1 is 0.905 bits per heavy atom. The Kier molecular flexibility index (Phi) is 3.89. The van der Waals surface area contributed by atoms with Crippen LogP contribution < -0.4 is 10.5 Å². The van der Waals surface area contributed by atoms with Crippen LogP contribution in [0.1, 0.15) is 17.2 Å². The van der Waals surface area contributed by atoms with Crippen LogP contribution in [-0.2, 0) is 0 Å². The normalized spacial score (nSPS) is 12.3. The van der Waals surface area contributed by atoms with Crippen molar-refractivity contribution in [2.24, 2.45) is 5.73 Å². The lowest BCUT2D eigenvalue weighted by atomic mass is 10.0. The monoisotopic (exact) mass is 277 g/mol. The summed E-state index contributed by atoms with van der Waals surface area (Å²) in [6, 6.07) is 22.6. The van der Waals surface area contributed by atoms with E-state index in [1.807, 2.05) is 36.4 Å². The molecular weight excluding hydrogens is 258 g/mol. The van der Waals surface area contributed by atoms with Crippen LogP contribution >= 0.6 is 0 Å². The maximum Gasteiger partial charge on any atom is 0.136 e. The number of rotatable bonds is 4. The summed E-state index contributed by atoms with van der Waals surface area (Å²) in [5.41, 5.74) is 8.29. The molecule has 3 aromatic carbocycles. The third-order valence-corrected chi connectivity index (χ3v) is 3.77. The number of fused-ring (bicyclic) bond motifs is 1. The number of hydrogen-bond acceptors (Lipinski definition) is 2. The van der Waals surface area contributed by atoms with E-state index in [9.17, 15) is 0 Å². The zero-order chi connectivity index (χ0) is 14.7. The molecule has 0 aliphatic rings. The predicted molar refractivity (Wildman–Crippen MR) is 87.6 cm³/mol. The van der Waals surface area contributed by atoms with Gasteiger partial charge in [-0.3, -0.25) is 0 Å². The summed E-state index contributed by atoms with van der Waals surface area (Å²) in [6.07, 6.45) is -0.128. The summed E-state index contributed by atoms with van der Waals surface area (Å²) in [7, 11) is 0. The number of benzene rings is 3. The average Bonchev–Trinajstić information content (AvgIpc) is 2.53. The van der Waals surface area contributed by atoms with Gasteiger partial charge in [-0.05, 0) is 29.5 Å². The third kappa shape index (κ3) is 2.76. The highest BCUT2D eigenvalue weighted by Gasteiger charge is 2.14. The largest absolute Gasteiger partial charge is 0.484 e. The lowest BCUT2D eigenvalue weighted by Crippen LogP contribution is -2.19. The standard InChI is InChI=1S/C19H19NO/c1-14-7-2-4-10-16(14)19(13-20)21-18-12-6-9-15-8-3-5-11-17(15)18/h2-12,19H,13,20H2,1H3. The first kappa shape index (κ1) is 13.7. The molecule has 21 heavy (non-hydrogen) atoms. The molecule has 0 aromatic heterocycles. The fourth-order valence-electron chi connectivity index (χ4n) is 2.64. The van der Waals surface area contributed by atoms with Gasteiger partial charge in [0, 0.05) is 11.9 Å². The number of nitrogens with two attached hydrogens (primary N) is 1. The van der Waals surface area contributed by atoms with E-state index in [2.05, 4.69) is 37.3 Å². The number of hydrogen-bond donors (Lipinski definition) is 1. The minimum Gasteiger partial charge on any atom is -0.484 e. The summed E-state index contributed by atoms with van der Waals surface area (Å²) in [5, 5.41) is 2.29. The van der Waals surface area contributed by atoms with Gasteiger partial charge in [0.05, 0.1) is 0 Å². The first-order valence-corrected chi connectivity index (χ1v) is 7.19. The molecule has 0 bridgehead atoms. The smallest absolute Gasteiger partial charge is 0.136 e. The van der Waals surface area contributed by atoms with E-state index in [0.717, 1.165) is 16.7 Å². The second-order valence-electron chi connectivity index (χ2n) is 5.18. The molecule has 1 unspecified atom stereocenters. The Morgan fingerprint density at radius 2 is 1.62 bits per heavy atom. The summed E-state index contributed by atoms with van der Waals surface area (Å²) in [4.78, 5) is 0. The van der Waals surface area contributed by atoms with Crippen molar-refractivity contribution in [1.82, 2.24) is 0 Å². The van der Waals surface area contributed by atoms with Crippen molar-refractivity contribution in [3.05, 3.63) is 77.9 Å². The molecular formula is C19H19NO. The minimum absolute atomic E-state index is 0.128. The zero-order valence-electron chi connectivity index (χ0n) is 12.1. The van der Waals surface area contributed by atoms with Gasteiger partial charge in [-0.15, -0.1) is 0 Å². The van der Waals surface area contributed by atoms with Crippen LogP contribution in [0.2, 0.25) is 0 Å². The molecule has 0 spiro atoms. The molecule has 2 heteroatoms. The van der Waals surface area contributed by atoms with Crippen molar-refractivity contribution in [2.75, 3.05) is 6.54 Å². The van der Waals surface area contributed by atoms with Gasteiger partial charge in [0.15, 0.2) is 0 Å². The van der Waals surface area contributed by atoms with E-state index in [1.165, 1.54) is 10.9 Å². The Labute approximate surface area is 125 Å². The van der Waals surface area contributed by atoms with E-state index < -0.39 is 0 Å². The molecule has 0 amide bonds. The predicted octanol–water partition coefficient (Wildman–Crippen LogP) is 4.23. The average molecular weight is 277 g/mol. The molecule has 0 saturated heterocycles. The Morgan fingerprint density at radius 3 is 2.43 bits per heavy atom. The maximum absolute atomic E-state index is 6.22. The SMILES string of the molecule is Cc1ccccc1C(CN)Oc1cccc2ccccc12. The molecule has 2 N–H and O–H groups in total. The van der Waals surface area contributed by atoms with Crippen molar-refractivity contribution in [1.29, 1.82) is 0 Å². The highest BCUT2D eigenvalue weighted by Crippen LogP contribution is 2.30. The molecule has 1 atom stereocenters. The molecule has 0 aliphatic carbocycles. The Bertz CT molecular complexity index is 746. The van der Waals surface area contributed by atoms with Crippen molar-refractivity contribution in [3.63, 3.8) is 0 Å². The van der Waals surface area contributed by atoms with Crippen molar-refractivity contribution < 1.29 is 4.74 Å². The highest BCUT2D eigenvalue weighted by molar-refractivity contribution is 5.88. The Balaban J connectivity index is 1.98. The summed E-state index contributed by atoms with van der Waals surface area (Å²) < 4.78 is 6.22. The molecule has 0 heterocycles. The first-order valence-electron chi connectivity index (χ1n) is 7.19. The summed E-state index contributed by atoms with van der Waals surface area (Å²) in [6.45, 7) is 2.54. The molecule has 0 aliphatic heterocycles. The van der Waals surface area contributed by atoms with Gasteiger partial charge in [-0.1, -0.05) is 60.7 Å². The fourth-order valence-corrected chi connectivity index (χ4v) is 2.64. The first-order chi connectivity index (χ1) is 10.3. The van der Waals surface area contributed by atoms with Gasteiger partial charge in [0.2, 0.25) is 0 Å². The molecule has 3 aromatic rings. The second-order valence-corrected chi connectivity index (χ2v) is 5.18. The van der Waals surface area contributed by atoms with Crippen molar-refractivity contribution in [2.45, 2.75) is 13.0 Å². The number of aryl methyl sites for hydroxylation is 1. The van der Waals surface area contributed by atoms with Crippen LogP contribution in [0.5, 0.6) is 5.75 Å². The molecule has 2 nitrogen and oxygen atoms in total. The van der Waals surface area contributed by atoms with Crippen molar-refractivity contribution >= 4 is 10.8 Å². The van der Waals surface area contributed by atoms with Gasteiger partial charge in [-0.25, -0.2) is 0 Å². The third-order valence-electron chi connectivity index (χ3n) is 3.77. The van der Waals surface area contributed by atoms with Gasteiger partial charge in [-0.2, -0.15) is 0 Å². The maximum atomic E-state index is 6.22. The number of ether oxygens (including phenoxy) is 1. The van der Waals surface area contributed by atoms with Crippen molar-refractivity contribution in [3.8, 4) is 5.75 Å². The molecule has 106 valence electrons. The molecule has 0 saturated carbocycles. The molecule has 3 rings (SSSR count). The molecule has 0 fully saturated rings. The van der Waals surface area contributed by atoms with Crippen LogP contribution in [0.4, 0.5) is 0 Å². The summed E-state index contributed by atoms with van der Waals surface area (Å²) >= 11 is 0. The van der Waals surface area contributed by atoms with Crippen LogP contribution in [0.15, 0.2) is 66.7 Å². The lowest BCUT2D eigenvalue weighted by Gasteiger charge is -2.20. The highest BCUT2D eigenvalue weighted by atomic mass is 16.5. The van der Waals surface area contributed by atoms with Crippen LogP contribution in [0.25, 0.3) is 10.8 Å². The van der Waals surface area contributed by atoms with Gasteiger partial charge in [0.25, 0.3) is 0 Å². The fraction of sp³-hybridized carbons (Fsp3) is 0.158. The van der Waals surface area contributed by atoms with Gasteiger partial charge in [0.1, 0.15) is 11.9 Å². The van der Waals surface area contributed by atoms with Gasteiger partial charge < -0.3 is 10.5 Å². The Hall–Kier alpha value is -2.32. The topological polar surface area (TPSA) is 35.2 Å². The van der Waals surface area contributed by atoms with Crippen LogP contribution in [-0.4, -0.2) is 6.54 Å². The van der Waals surface area contributed by atoms with Crippen LogP contribution in [0, 0.1) is 6.92 Å². The van der Waals surface area contributed by atoms with E-state index >= 15 is 0 Å². The van der Waals surface area contributed by atoms with E-state index in [-0.39, 0.29) is 6.10 Å². The van der Waals surface area contributed by atoms with Gasteiger partial charge >= 0.3 is 0 Å². The van der Waals surface area contributed by atoms with Crippen LogP contribution in [0.3, 0.4) is 0 Å². The molecule has 0 radical (unpaired) electrons. The zero-order valence-corrected chi connectivity index (χ0v) is 12.1. The minimum atomic E-state index is -0.128. The lowest BCUT2D eigenvalue weighted by molar-refractivity contribution is 0.216. The second kappa shape index (κ2) is 5.98. The van der Waals surface area contributed by atoms with E-state index in [4.69, 9.17) is 10.5 Å². The van der Waals surface area contributed by atoms with E-state index in [1.54, 1.807) is 0 Å². The summed E-state index contributed by atoms with van der Waals surface area (Å²) in [5.74, 6) is 0.881. The quantitative estimate of drug-likeness (QED) is 0.774.